The first-order valence-corrected chi connectivity index (χ1v) is 12.2. The Hall–Kier alpha value is -4.29. The summed E-state index contributed by atoms with van der Waals surface area (Å²) < 4.78 is 1.82. The van der Waals surface area contributed by atoms with Gasteiger partial charge in [-0.2, -0.15) is 5.11 Å². The van der Waals surface area contributed by atoms with Crippen molar-refractivity contribution in [1.29, 1.82) is 0 Å². The number of hydrogen-bond donors (Lipinski definition) is 1. The topological polar surface area (TPSA) is 80.9 Å². The fourth-order valence-electron chi connectivity index (χ4n) is 4.66. The molecule has 1 aliphatic rings. The minimum Gasteiger partial charge on any atom is -0.380 e. The van der Waals surface area contributed by atoms with E-state index in [-0.39, 0.29) is 5.82 Å². The number of anilines is 1. The fraction of sp³-hybridized carbons (Fsp3) is 0.103. The Morgan fingerprint density at radius 3 is 2.33 bits per heavy atom. The number of nitrogen functional groups attached to an aromatic ring is 1. The van der Waals surface area contributed by atoms with Gasteiger partial charge in [0.2, 0.25) is 0 Å². The van der Waals surface area contributed by atoms with Gasteiger partial charge in [0, 0.05) is 16.1 Å². The summed E-state index contributed by atoms with van der Waals surface area (Å²) in [7, 11) is 0. The minimum absolute atomic E-state index is 0.285. The predicted octanol–water partition coefficient (Wildman–Crippen LogP) is 7.92. The summed E-state index contributed by atoms with van der Waals surface area (Å²) in [5.41, 5.74) is 14.6. The molecule has 0 spiro atoms. The maximum atomic E-state index is 6.38. The van der Waals surface area contributed by atoms with Gasteiger partial charge in [-0.3, -0.25) is 0 Å². The molecule has 0 aliphatic heterocycles. The van der Waals surface area contributed by atoms with Crippen LogP contribution in [0.5, 0.6) is 0 Å². The highest BCUT2D eigenvalue weighted by Gasteiger charge is 2.26. The second-order valence-corrected chi connectivity index (χ2v) is 9.17. The van der Waals surface area contributed by atoms with Crippen LogP contribution >= 0.6 is 11.6 Å². The zero-order valence-corrected chi connectivity index (χ0v) is 20.2. The van der Waals surface area contributed by atoms with Crippen molar-refractivity contribution in [1.82, 2.24) is 14.6 Å². The van der Waals surface area contributed by atoms with E-state index in [1.807, 2.05) is 28.8 Å². The van der Waals surface area contributed by atoms with Gasteiger partial charge in [-0.15, -0.1) is 10.2 Å². The van der Waals surface area contributed by atoms with Crippen LogP contribution in [0.3, 0.4) is 0 Å². The molecule has 0 unspecified atom stereocenters. The van der Waals surface area contributed by atoms with E-state index < -0.39 is 0 Å². The van der Waals surface area contributed by atoms with Crippen LogP contribution in [0.25, 0.3) is 28.6 Å². The molecule has 6 nitrogen and oxygen atoms in total. The predicted molar refractivity (Wildman–Crippen MR) is 146 cm³/mol. The number of hydrogen-bond acceptors (Lipinski definition) is 5. The number of aromatic nitrogens is 3. The Morgan fingerprint density at radius 2 is 1.58 bits per heavy atom. The second kappa shape index (κ2) is 9.40. The van der Waals surface area contributed by atoms with Crippen LogP contribution in [0.1, 0.15) is 29.7 Å². The summed E-state index contributed by atoms with van der Waals surface area (Å²) in [5.74, 6) is 0.285. The van der Waals surface area contributed by atoms with Gasteiger partial charge in [-0.1, -0.05) is 72.3 Å². The highest BCUT2D eigenvalue weighted by molar-refractivity contribution is 6.30. The molecule has 176 valence electrons. The van der Waals surface area contributed by atoms with Crippen LogP contribution in [0.15, 0.2) is 95.2 Å². The molecular weight excluding hydrogens is 468 g/mol. The van der Waals surface area contributed by atoms with Crippen molar-refractivity contribution in [2.45, 2.75) is 19.3 Å². The fourth-order valence-corrected chi connectivity index (χ4v) is 4.78. The quantitative estimate of drug-likeness (QED) is 0.260. The second-order valence-electron chi connectivity index (χ2n) is 8.73. The molecule has 2 aromatic heterocycles. The van der Waals surface area contributed by atoms with Crippen LogP contribution in [-0.2, 0) is 6.42 Å². The van der Waals surface area contributed by atoms with Crippen molar-refractivity contribution in [2.24, 2.45) is 10.2 Å². The van der Waals surface area contributed by atoms with Gasteiger partial charge >= 0.3 is 0 Å². The standard InChI is InChI=1S/C29H23ClN6/c30-22-14-16-23(17-15-22)33-34-26-28(31)35-36-27(20-10-5-2-6-11-20)24-13-7-12-21(25(24)32-29(26)36)18-19-8-3-1-4-9-19/h1-6,8-11,14-18H,7,12-13H2,(H2,31,35)/b21-18-,34-33?. The van der Waals surface area contributed by atoms with E-state index in [2.05, 4.69) is 57.8 Å². The van der Waals surface area contributed by atoms with E-state index in [0.29, 0.717) is 22.0 Å². The molecule has 7 heteroatoms. The number of benzene rings is 3. The van der Waals surface area contributed by atoms with Crippen molar-refractivity contribution in [3.8, 4) is 11.3 Å². The van der Waals surface area contributed by atoms with Gasteiger partial charge in [0.1, 0.15) is 0 Å². The van der Waals surface area contributed by atoms with Gasteiger partial charge in [0.15, 0.2) is 17.2 Å². The van der Waals surface area contributed by atoms with Crippen molar-refractivity contribution in [3.63, 3.8) is 0 Å². The molecule has 0 atom stereocenters. The number of halogens is 1. The van der Waals surface area contributed by atoms with E-state index in [1.54, 1.807) is 24.3 Å². The van der Waals surface area contributed by atoms with E-state index in [4.69, 9.17) is 22.3 Å². The van der Waals surface area contributed by atoms with Gasteiger partial charge in [-0.05, 0) is 60.7 Å². The van der Waals surface area contributed by atoms with Crippen LogP contribution in [0.4, 0.5) is 17.2 Å². The summed E-state index contributed by atoms with van der Waals surface area (Å²) in [6.07, 6.45) is 5.13. The molecule has 6 rings (SSSR count). The normalized spacial score (nSPS) is 14.5. The van der Waals surface area contributed by atoms with Gasteiger partial charge in [0.05, 0.1) is 17.1 Å². The summed E-state index contributed by atoms with van der Waals surface area (Å²) in [4.78, 5) is 5.10. The van der Waals surface area contributed by atoms with Crippen LogP contribution in [0, 0.1) is 0 Å². The summed E-state index contributed by atoms with van der Waals surface area (Å²) >= 11 is 6.01. The molecule has 0 radical (unpaired) electrons. The monoisotopic (exact) mass is 490 g/mol. The lowest BCUT2D eigenvalue weighted by Crippen LogP contribution is -2.11. The first-order chi connectivity index (χ1) is 17.7. The molecule has 36 heavy (non-hydrogen) atoms. The van der Waals surface area contributed by atoms with Crippen molar-refractivity contribution < 1.29 is 0 Å². The molecule has 0 fully saturated rings. The Labute approximate surface area is 213 Å². The molecule has 3 aromatic carbocycles. The number of allylic oxidation sites excluding steroid dienone is 1. The minimum atomic E-state index is 0.285. The number of azo groups is 1. The van der Waals surface area contributed by atoms with Crippen molar-refractivity contribution in [3.05, 3.63) is 107 Å². The largest absolute Gasteiger partial charge is 0.380 e. The first kappa shape index (κ1) is 22.2. The van der Waals surface area contributed by atoms with Crippen molar-refractivity contribution in [2.75, 3.05) is 5.73 Å². The highest BCUT2D eigenvalue weighted by Crippen LogP contribution is 2.40. The lowest BCUT2D eigenvalue weighted by molar-refractivity contribution is 0.793. The Balaban J connectivity index is 1.59. The Morgan fingerprint density at radius 1 is 0.861 bits per heavy atom. The molecule has 2 N–H and O–H groups in total. The average molecular weight is 491 g/mol. The number of nitrogens with two attached hydrogens (primary N) is 1. The summed E-state index contributed by atoms with van der Waals surface area (Å²) in [5, 5.41) is 14.2. The number of rotatable bonds is 4. The SMILES string of the molecule is Nc1nn2c(-c3ccccc3)c3c(nc2c1N=Nc1ccc(Cl)cc1)/C(=C\c1ccccc1)CCC3. The molecule has 0 saturated heterocycles. The molecule has 0 amide bonds. The summed E-state index contributed by atoms with van der Waals surface area (Å²) in [6, 6.07) is 27.8. The van der Waals surface area contributed by atoms with Crippen LogP contribution < -0.4 is 5.73 Å². The van der Waals surface area contributed by atoms with E-state index in [9.17, 15) is 0 Å². The van der Waals surface area contributed by atoms with Crippen LogP contribution in [0.2, 0.25) is 5.02 Å². The maximum Gasteiger partial charge on any atom is 0.186 e. The third-order valence-corrected chi connectivity index (χ3v) is 6.57. The van der Waals surface area contributed by atoms with Crippen molar-refractivity contribution >= 4 is 46.1 Å². The molecule has 0 saturated carbocycles. The third kappa shape index (κ3) is 4.16. The average Bonchev–Trinajstić information content (AvgIpc) is 3.22. The Bertz CT molecular complexity index is 1600. The lowest BCUT2D eigenvalue weighted by Gasteiger charge is -2.22. The number of fused-ring (bicyclic) bond motifs is 2. The smallest absolute Gasteiger partial charge is 0.186 e. The van der Waals surface area contributed by atoms with E-state index >= 15 is 0 Å². The molecule has 1 aliphatic carbocycles. The van der Waals surface area contributed by atoms with Crippen LogP contribution in [-0.4, -0.2) is 14.6 Å². The Kier molecular flexibility index (Phi) is 5.79. The van der Waals surface area contributed by atoms with Gasteiger partial charge < -0.3 is 5.73 Å². The van der Waals surface area contributed by atoms with Gasteiger partial charge in [-0.25, -0.2) is 9.50 Å². The third-order valence-electron chi connectivity index (χ3n) is 6.32. The molecular formula is C29H23ClN6. The molecule has 2 heterocycles. The number of nitrogens with zero attached hydrogens (tertiary/aromatic N) is 5. The highest BCUT2D eigenvalue weighted by atomic mass is 35.5. The molecule has 5 aromatic rings. The molecule has 0 bridgehead atoms. The maximum absolute atomic E-state index is 6.38. The zero-order chi connectivity index (χ0) is 24.5. The van der Waals surface area contributed by atoms with E-state index in [0.717, 1.165) is 41.8 Å². The lowest BCUT2D eigenvalue weighted by atomic mass is 9.87. The van der Waals surface area contributed by atoms with E-state index in [1.165, 1.54) is 11.1 Å². The van der Waals surface area contributed by atoms with Gasteiger partial charge in [0.25, 0.3) is 0 Å². The summed E-state index contributed by atoms with van der Waals surface area (Å²) in [6.45, 7) is 0. The zero-order valence-electron chi connectivity index (χ0n) is 19.5. The first-order valence-electron chi connectivity index (χ1n) is 11.9.